The minimum absolute atomic E-state index is 0.0293. The van der Waals surface area contributed by atoms with Crippen LogP contribution in [0.15, 0.2) is 30.3 Å². The highest BCUT2D eigenvalue weighted by atomic mass is 16.1. The molecule has 1 N–H and O–H groups in total. The van der Waals surface area contributed by atoms with Gasteiger partial charge in [-0.2, -0.15) is 0 Å². The first-order chi connectivity index (χ1) is 9.87. The van der Waals surface area contributed by atoms with E-state index in [-0.39, 0.29) is 17.4 Å². The van der Waals surface area contributed by atoms with Gasteiger partial charge in [0.2, 0.25) is 5.91 Å². The van der Waals surface area contributed by atoms with Crippen LogP contribution in [-0.4, -0.2) is 30.4 Å². The van der Waals surface area contributed by atoms with E-state index in [0.717, 1.165) is 13.1 Å². The summed E-state index contributed by atoms with van der Waals surface area (Å²) in [6, 6.07) is 10.7. The van der Waals surface area contributed by atoms with Crippen molar-refractivity contribution in [3.8, 4) is 0 Å². The van der Waals surface area contributed by atoms with E-state index in [4.69, 9.17) is 0 Å². The Hall–Kier alpha value is -1.35. The van der Waals surface area contributed by atoms with Crippen molar-refractivity contribution in [3.63, 3.8) is 0 Å². The maximum absolute atomic E-state index is 12.1. The molecule has 0 radical (unpaired) electrons. The van der Waals surface area contributed by atoms with Gasteiger partial charge in [0.15, 0.2) is 0 Å². The minimum atomic E-state index is 0.0293. The van der Waals surface area contributed by atoms with E-state index < -0.39 is 0 Å². The fraction of sp³-hybridized carbons (Fsp3) is 0.611. The van der Waals surface area contributed by atoms with Crippen LogP contribution in [0.2, 0.25) is 0 Å². The minimum Gasteiger partial charge on any atom is -0.354 e. The van der Waals surface area contributed by atoms with Crippen molar-refractivity contribution in [1.82, 2.24) is 10.2 Å². The average molecular weight is 290 g/mol. The van der Waals surface area contributed by atoms with E-state index in [1.165, 1.54) is 5.56 Å². The van der Waals surface area contributed by atoms with Gasteiger partial charge in [0.25, 0.3) is 0 Å². The Morgan fingerprint density at radius 3 is 2.19 bits per heavy atom. The van der Waals surface area contributed by atoms with Crippen LogP contribution in [0.4, 0.5) is 0 Å². The molecule has 1 atom stereocenters. The van der Waals surface area contributed by atoms with Crippen LogP contribution in [0.1, 0.15) is 52.6 Å². The molecule has 21 heavy (non-hydrogen) atoms. The van der Waals surface area contributed by atoms with Gasteiger partial charge < -0.3 is 5.32 Å². The van der Waals surface area contributed by atoms with Gasteiger partial charge in [0.1, 0.15) is 0 Å². The molecular weight excluding hydrogens is 260 g/mol. The lowest BCUT2D eigenvalue weighted by molar-refractivity contribution is -0.123. The molecule has 0 spiro atoms. The van der Waals surface area contributed by atoms with Gasteiger partial charge in [-0.25, -0.2) is 0 Å². The monoisotopic (exact) mass is 290 g/mol. The Labute approximate surface area is 129 Å². The van der Waals surface area contributed by atoms with Crippen molar-refractivity contribution in [2.75, 3.05) is 19.6 Å². The zero-order chi connectivity index (χ0) is 15.9. The molecule has 118 valence electrons. The summed E-state index contributed by atoms with van der Waals surface area (Å²) < 4.78 is 0. The molecule has 1 amide bonds. The number of nitrogens with one attached hydrogen (secondary N) is 1. The van der Waals surface area contributed by atoms with Crippen molar-refractivity contribution in [2.24, 2.45) is 5.41 Å². The van der Waals surface area contributed by atoms with Crippen LogP contribution < -0.4 is 5.32 Å². The van der Waals surface area contributed by atoms with E-state index in [9.17, 15) is 4.79 Å². The zero-order valence-corrected chi connectivity index (χ0v) is 14.1. The van der Waals surface area contributed by atoms with Crippen molar-refractivity contribution in [3.05, 3.63) is 35.9 Å². The second kappa shape index (κ2) is 8.18. The third kappa shape index (κ3) is 6.30. The third-order valence-electron chi connectivity index (χ3n) is 3.62. The van der Waals surface area contributed by atoms with Crippen LogP contribution in [0.25, 0.3) is 0 Å². The normalized spacial score (nSPS) is 13.2. The standard InChI is InChI=1S/C18H30N2O/c1-6-20(7-2)16(15-11-9-8-10-12-15)14-19-17(21)13-18(3,4)5/h8-12,16H,6-7,13-14H2,1-5H3,(H,19,21)/t16-/m1/s1. The molecule has 0 aliphatic heterocycles. The van der Waals surface area contributed by atoms with Crippen LogP contribution in [0.3, 0.4) is 0 Å². The molecule has 1 aromatic carbocycles. The number of hydrogen-bond acceptors (Lipinski definition) is 2. The molecule has 0 bridgehead atoms. The summed E-state index contributed by atoms with van der Waals surface area (Å²) in [5.41, 5.74) is 1.29. The number of likely N-dealkylation sites (N-methyl/N-ethyl adjacent to an activating group) is 1. The predicted molar refractivity (Wildman–Crippen MR) is 89.2 cm³/mol. The summed E-state index contributed by atoms with van der Waals surface area (Å²) in [6.45, 7) is 13.2. The van der Waals surface area contributed by atoms with Crippen molar-refractivity contribution in [1.29, 1.82) is 0 Å². The van der Waals surface area contributed by atoms with Gasteiger partial charge in [0, 0.05) is 13.0 Å². The molecule has 0 heterocycles. The molecule has 0 aliphatic rings. The number of amides is 1. The quantitative estimate of drug-likeness (QED) is 0.832. The molecule has 3 nitrogen and oxygen atoms in total. The van der Waals surface area contributed by atoms with E-state index in [1.54, 1.807) is 0 Å². The molecule has 1 aromatic rings. The first-order valence-corrected chi connectivity index (χ1v) is 7.93. The van der Waals surface area contributed by atoms with Crippen LogP contribution >= 0.6 is 0 Å². The highest BCUT2D eigenvalue weighted by molar-refractivity contribution is 5.76. The van der Waals surface area contributed by atoms with Crippen molar-refractivity contribution in [2.45, 2.75) is 47.1 Å². The Morgan fingerprint density at radius 1 is 1.14 bits per heavy atom. The molecule has 0 saturated carbocycles. The second-order valence-electron chi connectivity index (χ2n) is 6.69. The molecular formula is C18H30N2O. The van der Waals surface area contributed by atoms with E-state index in [0.29, 0.717) is 13.0 Å². The molecule has 0 saturated heterocycles. The molecule has 0 aromatic heterocycles. The fourth-order valence-electron chi connectivity index (χ4n) is 2.55. The Balaban J connectivity index is 2.73. The van der Waals surface area contributed by atoms with Gasteiger partial charge >= 0.3 is 0 Å². The Morgan fingerprint density at radius 2 is 1.71 bits per heavy atom. The summed E-state index contributed by atoms with van der Waals surface area (Å²) in [6.07, 6.45) is 0.562. The molecule has 3 heteroatoms. The van der Waals surface area contributed by atoms with Crippen molar-refractivity contribution < 1.29 is 4.79 Å². The van der Waals surface area contributed by atoms with Crippen LogP contribution in [0.5, 0.6) is 0 Å². The van der Waals surface area contributed by atoms with E-state index in [1.807, 2.05) is 6.07 Å². The lowest BCUT2D eigenvalue weighted by Crippen LogP contribution is -2.38. The van der Waals surface area contributed by atoms with Gasteiger partial charge in [-0.15, -0.1) is 0 Å². The first kappa shape index (κ1) is 17.7. The molecule has 0 aliphatic carbocycles. The number of rotatable bonds is 7. The second-order valence-corrected chi connectivity index (χ2v) is 6.69. The molecule has 0 fully saturated rings. The maximum atomic E-state index is 12.1. The SMILES string of the molecule is CCN(CC)[C@H](CNC(=O)CC(C)(C)C)c1ccccc1. The fourth-order valence-corrected chi connectivity index (χ4v) is 2.55. The van der Waals surface area contributed by atoms with Gasteiger partial charge in [0.05, 0.1) is 6.04 Å². The van der Waals surface area contributed by atoms with Gasteiger partial charge in [-0.1, -0.05) is 65.0 Å². The number of carbonyl (C=O) groups is 1. The number of benzene rings is 1. The lowest BCUT2D eigenvalue weighted by atomic mass is 9.92. The number of carbonyl (C=O) groups excluding carboxylic acids is 1. The van der Waals surface area contributed by atoms with Crippen molar-refractivity contribution >= 4 is 5.91 Å². The third-order valence-corrected chi connectivity index (χ3v) is 3.62. The smallest absolute Gasteiger partial charge is 0.220 e. The van der Waals surface area contributed by atoms with Crippen LogP contribution in [0, 0.1) is 5.41 Å². The Bertz CT molecular complexity index is 419. The lowest BCUT2D eigenvalue weighted by Gasteiger charge is -2.30. The first-order valence-electron chi connectivity index (χ1n) is 7.93. The van der Waals surface area contributed by atoms with Gasteiger partial charge in [-0.05, 0) is 24.1 Å². The topological polar surface area (TPSA) is 32.3 Å². The summed E-state index contributed by atoms with van der Waals surface area (Å²) in [5.74, 6) is 0.135. The molecule has 1 rings (SSSR count). The summed E-state index contributed by atoms with van der Waals surface area (Å²) in [7, 11) is 0. The van der Waals surface area contributed by atoms with Crippen LogP contribution in [-0.2, 0) is 4.79 Å². The van der Waals surface area contributed by atoms with E-state index in [2.05, 4.69) is 69.1 Å². The largest absolute Gasteiger partial charge is 0.354 e. The highest BCUT2D eigenvalue weighted by Crippen LogP contribution is 2.21. The summed E-state index contributed by atoms with van der Waals surface area (Å²) >= 11 is 0. The maximum Gasteiger partial charge on any atom is 0.220 e. The summed E-state index contributed by atoms with van der Waals surface area (Å²) in [5, 5.41) is 3.11. The average Bonchev–Trinajstić information content (AvgIpc) is 2.42. The number of hydrogen-bond donors (Lipinski definition) is 1. The van der Waals surface area contributed by atoms with Gasteiger partial charge in [-0.3, -0.25) is 9.69 Å². The molecule has 0 unspecified atom stereocenters. The van der Waals surface area contributed by atoms with E-state index >= 15 is 0 Å². The Kier molecular flexibility index (Phi) is 6.90. The number of nitrogens with zero attached hydrogens (tertiary/aromatic N) is 1. The summed E-state index contributed by atoms with van der Waals surface area (Å²) in [4.78, 5) is 14.4. The predicted octanol–water partition coefficient (Wildman–Crippen LogP) is 3.62. The zero-order valence-electron chi connectivity index (χ0n) is 14.1. The highest BCUT2D eigenvalue weighted by Gasteiger charge is 2.20.